The maximum absolute atomic E-state index is 13.7. The molecule has 122 valence electrons. The van der Waals surface area contributed by atoms with E-state index in [4.69, 9.17) is 9.84 Å². The van der Waals surface area contributed by atoms with Crippen LogP contribution < -0.4 is 4.74 Å². The van der Waals surface area contributed by atoms with Crippen LogP contribution in [0.5, 0.6) is 5.75 Å². The van der Waals surface area contributed by atoms with E-state index >= 15 is 0 Å². The second-order valence-electron chi connectivity index (χ2n) is 4.90. The summed E-state index contributed by atoms with van der Waals surface area (Å²) >= 11 is 0. The van der Waals surface area contributed by atoms with Gasteiger partial charge in [-0.1, -0.05) is 17.9 Å². The first-order chi connectivity index (χ1) is 10.9. The molecular weight excluding hydrogens is 297 g/mol. The number of nitrogens with zero attached hydrogens (tertiary/aromatic N) is 1. The molecule has 0 spiro atoms. The quantitative estimate of drug-likeness (QED) is 0.393. The van der Waals surface area contributed by atoms with Crippen molar-refractivity contribution in [2.75, 3.05) is 7.11 Å². The number of hydrogen-bond acceptors (Lipinski definition) is 4. The zero-order chi connectivity index (χ0) is 17.4. The fourth-order valence-electron chi connectivity index (χ4n) is 1.74. The number of rotatable bonds is 5. The van der Waals surface area contributed by atoms with Gasteiger partial charge < -0.3 is 9.84 Å². The number of halogens is 1. The van der Waals surface area contributed by atoms with Gasteiger partial charge in [0.05, 0.1) is 18.9 Å². The molecule has 0 heterocycles. The Kier molecular flexibility index (Phi) is 7.17. The van der Waals surface area contributed by atoms with Crippen LogP contribution in [0.15, 0.2) is 35.0 Å². The van der Waals surface area contributed by atoms with Gasteiger partial charge in [0.2, 0.25) is 5.78 Å². The van der Waals surface area contributed by atoms with Crippen LogP contribution in [0.1, 0.15) is 37.6 Å². The summed E-state index contributed by atoms with van der Waals surface area (Å²) in [7, 11) is 1.36. The highest BCUT2D eigenvalue weighted by Gasteiger charge is 2.14. The molecule has 1 N–H and O–H groups in total. The minimum absolute atomic E-state index is 0.0762. The molecule has 1 rings (SSSR count). The van der Waals surface area contributed by atoms with Gasteiger partial charge in [0.25, 0.3) is 0 Å². The third-order valence-corrected chi connectivity index (χ3v) is 2.87. The molecular formula is C18H20FNO3. The summed E-state index contributed by atoms with van der Waals surface area (Å²) in [6, 6.07) is 4.00. The Labute approximate surface area is 135 Å². The summed E-state index contributed by atoms with van der Waals surface area (Å²) in [4.78, 5) is 16.5. The van der Waals surface area contributed by atoms with E-state index in [0.717, 1.165) is 6.07 Å². The van der Waals surface area contributed by atoms with E-state index in [1.807, 2.05) is 0 Å². The fourth-order valence-corrected chi connectivity index (χ4v) is 1.74. The van der Waals surface area contributed by atoms with Crippen LogP contribution in [0.4, 0.5) is 4.39 Å². The molecule has 4 nitrogen and oxygen atoms in total. The van der Waals surface area contributed by atoms with Gasteiger partial charge in [-0.15, -0.1) is 0 Å². The number of aliphatic imine (C=N–C) groups is 1. The molecule has 1 unspecified atom stereocenters. The largest absolute Gasteiger partial charge is 0.494 e. The molecule has 1 aromatic carbocycles. The van der Waals surface area contributed by atoms with Crippen molar-refractivity contribution in [3.63, 3.8) is 0 Å². The average molecular weight is 317 g/mol. The van der Waals surface area contributed by atoms with Gasteiger partial charge in [-0.25, -0.2) is 9.38 Å². The monoisotopic (exact) mass is 317 g/mol. The molecule has 0 aliphatic rings. The lowest BCUT2D eigenvalue weighted by atomic mass is 10.1. The third-order valence-electron chi connectivity index (χ3n) is 2.87. The van der Waals surface area contributed by atoms with Crippen molar-refractivity contribution in [2.45, 2.75) is 33.3 Å². The van der Waals surface area contributed by atoms with Crippen molar-refractivity contribution in [2.24, 2.45) is 4.99 Å². The van der Waals surface area contributed by atoms with Gasteiger partial charge in [-0.05, 0) is 39.0 Å². The maximum Gasteiger partial charge on any atom is 0.211 e. The lowest BCUT2D eigenvalue weighted by molar-refractivity contribution is 0.103. The van der Waals surface area contributed by atoms with Crippen LogP contribution in [0, 0.1) is 17.7 Å². The fraction of sp³-hybridized carbons (Fsp3) is 0.333. The Balaban J connectivity index is 2.99. The average Bonchev–Trinajstić information content (AvgIpc) is 2.51. The summed E-state index contributed by atoms with van der Waals surface area (Å²) in [5, 5.41) is 9.15. The second-order valence-corrected chi connectivity index (χ2v) is 4.90. The molecule has 0 fully saturated rings. The molecule has 0 aliphatic heterocycles. The van der Waals surface area contributed by atoms with E-state index < -0.39 is 17.7 Å². The molecule has 0 radical (unpaired) electrons. The smallest absolute Gasteiger partial charge is 0.211 e. The van der Waals surface area contributed by atoms with Crippen LogP contribution in [0.3, 0.4) is 0 Å². The van der Waals surface area contributed by atoms with Gasteiger partial charge in [0, 0.05) is 12.0 Å². The Morgan fingerprint density at radius 3 is 2.74 bits per heavy atom. The first kappa shape index (κ1) is 18.6. The Morgan fingerprint density at radius 2 is 2.22 bits per heavy atom. The molecule has 0 amide bonds. The molecule has 0 aliphatic carbocycles. The highest BCUT2D eigenvalue weighted by atomic mass is 19.1. The first-order valence-corrected chi connectivity index (χ1v) is 7.15. The van der Waals surface area contributed by atoms with E-state index in [-0.39, 0.29) is 17.0 Å². The van der Waals surface area contributed by atoms with E-state index in [1.54, 1.807) is 26.8 Å². The summed E-state index contributed by atoms with van der Waals surface area (Å²) in [5.41, 5.74) is 0.810. The molecule has 0 aromatic heterocycles. The standard InChI is InChI=1S/C18H20FNO3/c1-5-16(20-12(2)7-6-8-13(3)21)18(22)14-9-10-17(23-4)15(19)11-14/h5,9-11,13,21H,8H2,1-4H3/b16-5-,20-12?. The Morgan fingerprint density at radius 1 is 1.52 bits per heavy atom. The third kappa shape index (κ3) is 5.68. The maximum atomic E-state index is 13.7. The zero-order valence-electron chi connectivity index (χ0n) is 13.7. The van der Waals surface area contributed by atoms with E-state index in [2.05, 4.69) is 16.8 Å². The predicted molar refractivity (Wildman–Crippen MR) is 88.2 cm³/mol. The molecule has 5 heteroatoms. The van der Waals surface area contributed by atoms with Crippen molar-refractivity contribution in [1.82, 2.24) is 0 Å². The number of aliphatic hydroxyl groups is 1. The molecule has 0 saturated carbocycles. The lowest BCUT2D eigenvalue weighted by Crippen LogP contribution is -2.04. The lowest BCUT2D eigenvalue weighted by Gasteiger charge is -2.05. The molecule has 23 heavy (non-hydrogen) atoms. The number of ether oxygens (including phenoxy) is 1. The molecule has 0 bridgehead atoms. The highest BCUT2D eigenvalue weighted by Crippen LogP contribution is 2.20. The van der Waals surface area contributed by atoms with Crippen LogP contribution >= 0.6 is 0 Å². The van der Waals surface area contributed by atoms with Crippen molar-refractivity contribution in [3.05, 3.63) is 41.4 Å². The zero-order valence-corrected chi connectivity index (χ0v) is 13.7. The summed E-state index contributed by atoms with van der Waals surface area (Å²) < 4.78 is 18.5. The van der Waals surface area contributed by atoms with Gasteiger partial charge in [0.1, 0.15) is 5.70 Å². The first-order valence-electron chi connectivity index (χ1n) is 7.15. The van der Waals surface area contributed by atoms with E-state index in [1.165, 1.54) is 19.2 Å². The second kappa shape index (κ2) is 8.86. The van der Waals surface area contributed by atoms with Crippen LogP contribution in [0.2, 0.25) is 0 Å². The number of aliphatic hydroxyl groups excluding tert-OH is 1. The van der Waals surface area contributed by atoms with E-state index in [9.17, 15) is 9.18 Å². The Bertz CT molecular complexity index is 694. The number of methoxy groups -OCH3 is 1. The summed E-state index contributed by atoms with van der Waals surface area (Å²) in [6.07, 6.45) is 1.36. The predicted octanol–water partition coefficient (Wildman–Crippen LogP) is 3.16. The van der Waals surface area contributed by atoms with Gasteiger partial charge in [-0.3, -0.25) is 4.79 Å². The molecule has 1 atom stereocenters. The van der Waals surface area contributed by atoms with Crippen LogP contribution in [-0.2, 0) is 0 Å². The number of ketones is 1. The SMILES string of the molecule is C/C=C(\N=C(C)C#CCC(C)O)C(=O)c1ccc(OC)c(F)c1. The molecule has 0 saturated heterocycles. The molecule has 1 aromatic rings. The minimum atomic E-state index is -0.605. The number of Topliss-reactive ketones (excluding diaryl/α,β-unsaturated/α-hetero) is 1. The van der Waals surface area contributed by atoms with Crippen molar-refractivity contribution in [1.29, 1.82) is 0 Å². The van der Waals surface area contributed by atoms with Crippen LogP contribution in [0.25, 0.3) is 0 Å². The summed E-state index contributed by atoms with van der Waals surface area (Å²) in [6.45, 7) is 4.98. The highest BCUT2D eigenvalue weighted by molar-refractivity contribution is 6.11. The number of carbonyl (C=O) groups excluding carboxylic acids is 1. The van der Waals surface area contributed by atoms with Gasteiger partial charge in [0.15, 0.2) is 11.6 Å². The Hall–Kier alpha value is -2.45. The summed E-state index contributed by atoms with van der Waals surface area (Å²) in [5.74, 6) is 4.61. The number of hydrogen-bond donors (Lipinski definition) is 1. The topological polar surface area (TPSA) is 58.9 Å². The number of allylic oxidation sites excluding steroid dienone is 2. The van der Waals surface area contributed by atoms with Crippen LogP contribution in [-0.4, -0.2) is 29.8 Å². The van der Waals surface area contributed by atoms with Crippen molar-refractivity contribution in [3.8, 4) is 17.6 Å². The number of carbonyl (C=O) groups is 1. The van der Waals surface area contributed by atoms with Gasteiger partial charge in [-0.2, -0.15) is 0 Å². The number of benzene rings is 1. The minimum Gasteiger partial charge on any atom is -0.494 e. The van der Waals surface area contributed by atoms with Crippen molar-refractivity contribution < 1.29 is 19.0 Å². The van der Waals surface area contributed by atoms with Crippen molar-refractivity contribution >= 4 is 11.5 Å². The van der Waals surface area contributed by atoms with Gasteiger partial charge >= 0.3 is 0 Å². The normalized spacial score (nSPS) is 13.1. The van der Waals surface area contributed by atoms with E-state index in [0.29, 0.717) is 12.1 Å².